The maximum Gasteiger partial charge on any atom is 0.0899 e. The SMILES string of the molecule is CC(C)C1=CN(C2C3CC4CC(C3)CC2C4)CN1CC1CC1. The van der Waals surface area contributed by atoms with Crippen LogP contribution in [0.5, 0.6) is 0 Å². The Bertz CT molecular complexity index is 448. The van der Waals surface area contributed by atoms with E-state index in [9.17, 15) is 0 Å². The molecule has 0 unspecified atom stereocenters. The third-order valence-electron chi connectivity index (χ3n) is 7.32. The van der Waals surface area contributed by atoms with Gasteiger partial charge in [-0.1, -0.05) is 13.8 Å². The van der Waals surface area contributed by atoms with Gasteiger partial charge in [-0.3, -0.25) is 0 Å². The standard InChI is InChI=1S/C20H32N2/c1-13(2)19-11-22(12-21(19)10-14-3-4-14)20-17-6-15-5-16(8-17)9-18(20)7-15/h11,13-18,20H,3-10,12H2,1-2H3. The van der Waals surface area contributed by atoms with Gasteiger partial charge >= 0.3 is 0 Å². The lowest BCUT2D eigenvalue weighted by Crippen LogP contribution is -2.54. The van der Waals surface area contributed by atoms with E-state index < -0.39 is 0 Å². The quantitative estimate of drug-likeness (QED) is 0.764. The number of rotatable bonds is 4. The molecule has 2 nitrogen and oxygen atoms in total. The van der Waals surface area contributed by atoms with Crippen LogP contribution in [0.15, 0.2) is 11.9 Å². The molecule has 6 aliphatic rings. The molecule has 0 aromatic heterocycles. The molecular formula is C20H32N2. The molecule has 0 amide bonds. The van der Waals surface area contributed by atoms with E-state index in [2.05, 4.69) is 29.8 Å². The lowest BCUT2D eigenvalue weighted by molar-refractivity contribution is -0.0548. The average Bonchev–Trinajstić information content (AvgIpc) is 3.16. The van der Waals surface area contributed by atoms with Crippen LogP contribution in [-0.2, 0) is 0 Å². The Kier molecular flexibility index (Phi) is 3.07. The molecule has 0 N–H and O–H groups in total. The number of hydrogen-bond donors (Lipinski definition) is 0. The average molecular weight is 300 g/mol. The number of allylic oxidation sites excluding steroid dienone is 1. The Morgan fingerprint density at radius 2 is 1.64 bits per heavy atom. The first-order chi connectivity index (χ1) is 10.7. The first kappa shape index (κ1) is 13.7. The molecular weight excluding hydrogens is 268 g/mol. The highest BCUT2D eigenvalue weighted by molar-refractivity contribution is 5.14. The monoisotopic (exact) mass is 300 g/mol. The van der Waals surface area contributed by atoms with Crippen molar-refractivity contribution in [3.63, 3.8) is 0 Å². The van der Waals surface area contributed by atoms with E-state index in [1.807, 2.05) is 0 Å². The third-order valence-corrected chi connectivity index (χ3v) is 7.32. The minimum atomic E-state index is 0.681. The van der Waals surface area contributed by atoms with E-state index in [1.165, 1.54) is 26.1 Å². The van der Waals surface area contributed by atoms with Crippen molar-refractivity contribution < 1.29 is 0 Å². The Labute approximate surface area is 135 Å². The zero-order valence-corrected chi connectivity index (χ0v) is 14.4. The highest BCUT2D eigenvalue weighted by atomic mass is 15.4. The van der Waals surface area contributed by atoms with Crippen molar-refractivity contribution in [1.29, 1.82) is 0 Å². The van der Waals surface area contributed by atoms with Gasteiger partial charge in [0.1, 0.15) is 0 Å². The van der Waals surface area contributed by atoms with Crippen LogP contribution in [0, 0.1) is 35.5 Å². The molecule has 1 aliphatic heterocycles. The highest BCUT2D eigenvalue weighted by Gasteiger charge is 2.50. The fraction of sp³-hybridized carbons (Fsp3) is 0.900. The minimum Gasteiger partial charge on any atom is -0.355 e. The van der Waals surface area contributed by atoms with Crippen molar-refractivity contribution in [2.24, 2.45) is 35.5 Å². The molecule has 122 valence electrons. The second-order valence-corrected chi connectivity index (χ2v) is 9.45. The molecule has 0 aromatic rings. The largest absolute Gasteiger partial charge is 0.355 e. The fourth-order valence-electron chi connectivity index (χ4n) is 6.48. The summed E-state index contributed by atoms with van der Waals surface area (Å²) in [7, 11) is 0. The van der Waals surface area contributed by atoms with Crippen molar-refractivity contribution >= 4 is 0 Å². The van der Waals surface area contributed by atoms with E-state index in [0.717, 1.165) is 35.6 Å². The Balaban J connectivity index is 1.36. The molecule has 0 aromatic carbocycles. The first-order valence-corrected chi connectivity index (χ1v) is 9.89. The van der Waals surface area contributed by atoms with Gasteiger partial charge in [-0.25, -0.2) is 0 Å². The van der Waals surface area contributed by atoms with Crippen molar-refractivity contribution in [2.75, 3.05) is 13.2 Å². The number of nitrogens with zero attached hydrogens (tertiary/aromatic N) is 2. The van der Waals surface area contributed by atoms with E-state index >= 15 is 0 Å². The molecule has 22 heavy (non-hydrogen) atoms. The van der Waals surface area contributed by atoms with E-state index in [0.29, 0.717) is 5.92 Å². The Morgan fingerprint density at radius 1 is 1.00 bits per heavy atom. The van der Waals surface area contributed by atoms with Gasteiger partial charge in [0.15, 0.2) is 0 Å². The van der Waals surface area contributed by atoms with E-state index in [-0.39, 0.29) is 0 Å². The summed E-state index contributed by atoms with van der Waals surface area (Å²) in [5.74, 6) is 5.90. The molecule has 0 saturated heterocycles. The summed E-state index contributed by atoms with van der Waals surface area (Å²) in [6.07, 6.45) is 13.3. The summed E-state index contributed by atoms with van der Waals surface area (Å²) >= 11 is 0. The van der Waals surface area contributed by atoms with Gasteiger partial charge in [-0.05, 0) is 80.5 Å². The van der Waals surface area contributed by atoms with Crippen molar-refractivity contribution in [3.8, 4) is 0 Å². The molecule has 6 rings (SSSR count). The summed E-state index contributed by atoms with van der Waals surface area (Å²) in [5.41, 5.74) is 1.63. The van der Waals surface area contributed by atoms with Crippen molar-refractivity contribution in [3.05, 3.63) is 11.9 Å². The normalized spacial score (nSPS) is 43.4. The molecule has 0 atom stereocenters. The molecule has 5 fully saturated rings. The van der Waals surface area contributed by atoms with Crippen LogP contribution in [0.4, 0.5) is 0 Å². The molecule has 5 saturated carbocycles. The van der Waals surface area contributed by atoms with E-state index in [4.69, 9.17) is 0 Å². The maximum absolute atomic E-state index is 2.80. The zero-order valence-electron chi connectivity index (χ0n) is 14.4. The van der Waals surface area contributed by atoms with Crippen molar-refractivity contribution in [1.82, 2.24) is 9.80 Å². The summed E-state index contributed by atoms with van der Waals surface area (Å²) in [4.78, 5) is 5.53. The predicted molar refractivity (Wildman–Crippen MR) is 89.9 cm³/mol. The summed E-state index contributed by atoms with van der Waals surface area (Å²) < 4.78 is 0. The molecule has 2 heteroatoms. The van der Waals surface area contributed by atoms with E-state index in [1.54, 1.807) is 37.8 Å². The molecule has 4 bridgehead atoms. The van der Waals surface area contributed by atoms with Gasteiger partial charge in [0, 0.05) is 24.5 Å². The van der Waals surface area contributed by atoms with Gasteiger partial charge in [-0.2, -0.15) is 0 Å². The maximum atomic E-state index is 2.80. The fourth-order valence-corrected chi connectivity index (χ4v) is 6.48. The van der Waals surface area contributed by atoms with Gasteiger partial charge in [0.05, 0.1) is 6.67 Å². The Hall–Kier alpha value is -0.660. The lowest BCUT2D eigenvalue weighted by Gasteiger charge is -2.56. The Morgan fingerprint density at radius 3 is 2.18 bits per heavy atom. The molecule has 0 radical (unpaired) electrons. The van der Waals surface area contributed by atoms with Gasteiger partial charge in [0.25, 0.3) is 0 Å². The van der Waals surface area contributed by atoms with Crippen LogP contribution >= 0.6 is 0 Å². The third kappa shape index (κ3) is 2.20. The summed E-state index contributed by atoms with van der Waals surface area (Å²) in [6, 6.07) is 0.880. The van der Waals surface area contributed by atoms with Crippen LogP contribution in [0.2, 0.25) is 0 Å². The van der Waals surface area contributed by atoms with Gasteiger partial charge < -0.3 is 9.80 Å². The van der Waals surface area contributed by atoms with Crippen LogP contribution < -0.4 is 0 Å². The van der Waals surface area contributed by atoms with Gasteiger partial charge in [-0.15, -0.1) is 0 Å². The molecule has 0 spiro atoms. The number of hydrogen-bond acceptors (Lipinski definition) is 2. The molecule has 1 heterocycles. The van der Waals surface area contributed by atoms with Crippen LogP contribution in [0.3, 0.4) is 0 Å². The summed E-state index contributed by atoms with van der Waals surface area (Å²) in [5, 5.41) is 0. The molecule has 5 aliphatic carbocycles. The van der Waals surface area contributed by atoms with Crippen LogP contribution in [0.25, 0.3) is 0 Å². The first-order valence-electron chi connectivity index (χ1n) is 9.89. The smallest absolute Gasteiger partial charge is 0.0899 e. The van der Waals surface area contributed by atoms with Crippen LogP contribution in [0.1, 0.15) is 58.8 Å². The zero-order chi connectivity index (χ0) is 14.8. The minimum absolute atomic E-state index is 0.681. The van der Waals surface area contributed by atoms with Crippen LogP contribution in [-0.4, -0.2) is 29.1 Å². The summed E-state index contributed by atoms with van der Waals surface area (Å²) in [6.45, 7) is 7.29. The van der Waals surface area contributed by atoms with Gasteiger partial charge in [0.2, 0.25) is 0 Å². The predicted octanol–water partition coefficient (Wildman–Crippen LogP) is 4.29. The van der Waals surface area contributed by atoms with Crippen molar-refractivity contribution in [2.45, 2.75) is 64.8 Å². The highest BCUT2D eigenvalue weighted by Crippen LogP contribution is 2.55. The lowest BCUT2D eigenvalue weighted by atomic mass is 9.54. The second kappa shape index (κ2) is 4.92. The topological polar surface area (TPSA) is 6.48 Å². The second-order valence-electron chi connectivity index (χ2n) is 9.45.